The van der Waals surface area contributed by atoms with E-state index in [9.17, 15) is 22.8 Å². The molecular formula is C20H24F3N5O2. The molecule has 2 unspecified atom stereocenters. The summed E-state index contributed by atoms with van der Waals surface area (Å²) in [4.78, 5) is 26.5. The largest absolute Gasteiger partial charge is 0.416 e. The minimum absolute atomic E-state index is 0.139. The van der Waals surface area contributed by atoms with Gasteiger partial charge in [0.1, 0.15) is 12.2 Å². The third kappa shape index (κ3) is 4.63. The van der Waals surface area contributed by atoms with Crippen LogP contribution in [0.1, 0.15) is 42.8 Å². The normalized spacial score (nSPS) is 19.8. The van der Waals surface area contributed by atoms with E-state index >= 15 is 0 Å². The van der Waals surface area contributed by atoms with Crippen LogP contribution in [0.5, 0.6) is 0 Å². The predicted octanol–water partition coefficient (Wildman–Crippen LogP) is 2.59. The summed E-state index contributed by atoms with van der Waals surface area (Å²) in [7, 11) is 1.58. The molecule has 162 valence electrons. The molecular weight excluding hydrogens is 399 g/mol. The number of rotatable bonds is 6. The summed E-state index contributed by atoms with van der Waals surface area (Å²) in [6, 6.07) is 4.02. The predicted molar refractivity (Wildman–Crippen MR) is 102 cm³/mol. The average Bonchev–Trinajstić information content (AvgIpc) is 3.16. The average molecular weight is 423 g/mol. The first-order valence-corrected chi connectivity index (χ1v) is 9.79. The molecule has 1 aromatic heterocycles. The molecule has 10 heteroatoms. The van der Waals surface area contributed by atoms with Gasteiger partial charge in [-0.05, 0) is 31.0 Å². The van der Waals surface area contributed by atoms with E-state index in [0.717, 1.165) is 24.5 Å². The first kappa shape index (κ1) is 21.8. The van der Waals surface area contributed by atoms with E-state index in [1.807, 2.05) is 11.5 Å². The summed E-state index contributed by atoms with van der Waals surface area (Å²) in [6.45, 7) is 3.04. The molecule has 1 aromatic carbocycles. The molecule has 2 amide bonds. The lowest BCUT2D eigenvalue weighted by molar-refractivity contribution is -0.142. The van der Waals surface area contributed by atoms with Crippen LogP contribution in [0, 0.1) is 5.92 Å². The van der Waals surface area contributed by atoms with Crippen molar-refractivity contribution in [1.82, 2.24) is 25.0 Å². The quantitative estimate of drug-likeness (QED) is 0.775. The number of hydrogen-bond acceptors (Lipinski definition) is 4. The zero-order valence-electron chi connectivity index (χ0n) is 16.8. The van der Waals surface area contributed by atoms with Crippen molar-refractivity contribution < 1.29 is 22.8 Å². The molecule has 1 saturated heterocycles. The van der Waals surface area contributed by atoms with E-state index in [2.05, 4.69) is 15.5 Å². The SMILES string of the molecule is CCn1cnnc1CCNC(=O)C1CCC(=O)N(C)C1c1ccc(C(F)(F)F)cc1. The Morgan fingerprint density at radius 1 is 1.27 bits per heavy atom. The highest BCUT2D eigenvalue weighted by molar-refractivity contribution is 5.84. The van der Waals surface area contributed by atoms with Gasteiger partial charge in [-0.3, -0.25) is 9.59 Å². The number of benzene rings is 1. The lowest BCUT2D eigenvalue weighted by Crippen LogP contribution is -2.46. The number of hydrogen-bond donors (Lipinski definition) is 1. The topological polar surface area (TPSA) is 80.1 Å². The van der Waals surface area contributed by atoms with Gasteiger partial charge in [-0.15, -0.1) is 10.2 Å². The Morgan fingerprint density at radius 3 is 2.60 bits per heavy atom. The van der Waals surface area contributed by atoms with Crippen LogP contribution in [-0.4, -0.2) is 45.1 Å². The number of halogens is 3. The Bertz CT molecular complexity index is 895. The standard InChI is InChI=1S/C20H24F3N5O2/c1-3-28-12-25-26-16(28)10-11-24-19(30)15-8-9-17(29)27(2)18(15)13-4-6-14(7-5-13)20(21,22)23/h4-7,12,15,18H,3,8-11H2,1-2H3,(H,24,30). The molecule has 1 fully saturated rings. The first-order valence-electron chi connectivity index (χ1n) is 9.79. The lowest BCUT2D eigenvalue weighted by atomic mass is 9.83. The monoisotopic (exact) mass is 423 g/mol. The maximum absolute atomic E-state index is 12.9. The van der Waals surface area contributed by atoms with Crippen molar-refractivity contribution in [3.8, 4) is 0 Å². The molecule has 0 saturated carbocycles. The van der Waals surface area contributed by atoms with Gasteiger partial charge in [-0.2, -0.15) is 13.2 Å². The van der Waals surface area contributed by atoms with Crippen LogP contribution >= 0.6 is 0 Å². The number of amides is 2. The van der Waals surface area contributed by atoms with E-state index in [4.69, 9.17) is 0 Å². The molecule has 3 rings (SSSR count). The fourth-order valence-corrected chi connectivity index (χ4v) is 3.80. The Morgan fingerprint density at radius 2 is 1.97 bits per heavy atom. The second-order valence-electron chi connectivity index (χ2n) is 7.29. The van der Waals surface area contributed by atoms with E-state index in [0.29, 0.717) is 24.9 Å². The fraction of sp³-hybridized carbons (Fsp3) is 0.500. The number of piperidine rings is 1. The lowest BCUT2D eigenvalue weighted by Gasteiger charge is -2.38. The summed E-state index contributed by atoms with van der Waals surface area (Å²) in [5, 5.41) is 10.8. The molecule has 2 atom stereocenters. The highest BCUT2D eigenvalue weighted by atomic mass is 19.4. The maximum atomic E-state index is 12.9. The van der Waals surface area contributed by atoms with Crippen molar-refractivity contribution >= 4 is 11.8 Å². The Hall–Kier alpha value is -2.91. The second kappa shape index (κ2) is 8.85. The van der Waals surface area contributed by atoms with Gasteiger partial charge in [0.2, 0.25) is 11.8 Å². The van der Waals surface area contributed by atoms with E-state index in [1.165, 1.54) is 17.0 Å². The van der Waals surface area contributed by atoms with Crippen molar-refractivity contribution in [2.75, 3.05) is 13.6 Å². The van der Waals surface area contributed by atoms with E-state index < -0.39 is 23.7 Å². The zero-order valence-corrected chi connectivity index (χ0v) is 16.8. The van der Waals surface area contributed by atoms with Crippen molar-refractivity contribution in [3.05, 3.63) is 47.5 Å². The number of aromatic nitrogens is 3. The molecule has 30 heavy (non-hydrogen) atoms. The molecule has 0 aliphatic carbocycles. The van der Waals surface area contributed by atoms with Crippen molar-refractivity contribution in [3.63, 3.8) is 0 Å². The van der Waals surface area contributed by atoms with Crippen LogP contribution in [0.25, 0.3) is 0 Å². The summed E-state index contributed by atoms with van der Waals surface area (Å²) >= 11 is 0. The molecule has 1 aliphatic heterocycles. The smallest absolute Gasteiger partial charge is 0.355 e. The third-order valence-corrected chi connectivity index (χ3v) is 5.46. The van der Waals surface area contributed by atoms with Crippen LogP contribution in [-0.2, 0) is 28.7 Å². The molecule has 0 bridgehead atoms. The van der Waals surface area contributed by atoms with Gasteiger partial charge in [0, 0.05) is 33.0 Å². The second-order valence-corrected chi connectivity index (χ2v) is 7.29. The highest BCUT2D eigenvalue weighted by Gasteiger charge is 2.39. The molecule has 0 spiro atoms. The van der Waals surface area contributed by atoms with Crippen LogP contribution < -0.4 is 5.32 Å². The van der Waals surface area contributed by atoms with E-state index in [-0.39, 0.29) is 18.2 Å². The summed E-state index contributed by atoms with van der Waals surface area (Å²) in [6.07, 6.45) is -1.75. The molecule has 0 radical (unpaired) electrons. The van der Waals surface area contributed by atoms with Gasteiger partial charge in [0.15, 0.2) is 0 Å². The molecule has 1 N–H and O–H groups in total. The van der Waals surface area contributed by atoms with Gasteiger partial charge in [0.05, 0.1) is 17.5 Å². The molecule has 2 aromatic rings. The zero-order chi connectivity index (χ0) is 21.9. The van der Waals surface area contributed by atoms with Gasteiger partial charge >= 0.3 is 6.18 Å². The maximum Gasteiger partial charge on any atom is 0.416 e. The Labute approximate surface area is 172 Å². The summed E-state index contributed by atoms with van der Waals surface area (Å²) in [5.74, 6) is -0.164. The van der Waals surface area contributed by atoms with Gasteiger partial charge < -0.3 is 14.8 Å². The van der Waals surface area contributed by atoms with Crippen LogP contribution in [0.3, 0.4) is 0 Å². The molecule has 2 heterocycles. The fourth-order valence-electron chi connectivity index (χ4n) is 3.80. The highest BCUT2D eigenvalue weighted by Crippen LogP contribution is 2.37. The van der Waals surface area contributed by atoms with Crippen LogP contribution in [0.4, 0.5) is 13.2 Å². The van der Waals surface area contributed by atoms with E-state index in [1.54, 1.807) is 13.4 Å². The summed E-state index contributed by atoms with van der Waals surface area (Å²) < 4.78 is 40.5. The Kier molecular flexibility index (Phi) is 6.42. The number of nitrogens with zero attached hydrogens (tertiary/aromatic N) is 4. The number of carbonyl (C=O) groups excluding carboxylic acids is 2. The number of carbonyl (C=O) groups is 2. The third-order valence-electron chi connectivity index (χ3n) is 5.46. The van der Waals surface area contributed by atoms with Gasteiger partial charge in [-0.25, -0.2) is 0 Å². The molecule has 7 nitrogen and oxygen atoms in total. The van der Waals surface area contributed by atoms with Crippen molar-refractivity contribution in [2.45, 2.75) is 44.9 Å². The summed E-state index contributed by atoms with van der Waals surface area (Å²) in [5.41, 5.74) is -0.262. The van der Waals surface area contributed by atoms with Crippen molar-refractivity contribution in [2.24, 2.45) is 5.92 Å². The number of alkyl halides is 3. The molecule has 1 aliphatic rings. The first-order chi connectivity index (χ1) is 14.2. The minimum atomic E-state index is -4.44. The van der Waals surface area contributed by atoms with Gasteiger partial charge in [0.25, 0.3) is 0 Å². The van der Waals surface area contributed by atoms with Crippen LogP contribution in [0.2, 0.25) is 0 Å². The van der Waals surface area contributed by atoms with Crippen molar-refractivity contribution in [1.29, 1.82) is 0 Å². The number of aryl methyl sites for hydroxylation is 1. The van der Waals surface area contributed by atoms with Crippen LogP contribution in [0.15, 0.2) is 30.6 Å². The number of likely N-dealkylation sites (tertiary alicyclic amines) is 1. The minimum Gasteiger partial charge on any atom is -0.355 e. The Balaban J connectivity index is 1.72. The number of nitrogens with one attached hydrogen (secondary N) is 1. The van der Waals surface area contributed by atoms with Gasteiger partial charge in [-0.1, -0.05) is 12.1 Å².